The molecule has 2 aromatic heterocycles. The Balaban J connectivity index is 1.72. The predicted molar refractivity (Wildman–Crippen MR) is 123 cm³/mol. The highest BCUT2D eigenvalue weighted by Gasteiger charge is 2.15. The Labute approximate surface area is 179 Å². The van der Waals surface area contributed by atoms with E-state index < -0.39 is 0 Å². The SMILES string of the molecule is CC(C)CCn1c(SCC(=O)Nc2ccc(C(C)C)cc2)nc2ccsc2c1=O. The largest absolute Gasteiger partial charge is 0.325 e. The van der Waals surface area contributed by atoms with E-state index in [9.17, 15) is 9.59 Å². The van der Waals surface area contributed by atoms with E-state index in [-0.39, 0.29) is 17.2 Å². The maximum Gasteiger partial charge on any atom is 0.272 e. The molecule has 154 valence electrons. The Morgan fingerprint density at radius 3 is 2.55 bits per heavy atom. The summed E-state index contributed by atoms with van der Waals surface area (Å²) in [5.41, 5.74) is 2.70. The number of fused-ring (bicyclic) bond motifs is 1. The predicted octanol–water partition coefficient (Wildman–Crippen LogP) is 5.36. The van der Waals surface area contributed by atoms with Crippen LogP contribution in [0, 0.1) is 5.92 Å². The van der Waals surface area contributed by atoms with E-state index in [1.807, 2.05) is 35.7 Å². The minimum absolute atomic E-state index is 0.0159. The molecule has 3 rings (SSSR count). The first kappa shape index (κ1) is 21.6. The molecule has 0 unspecified atom stereocenters. The number of nitrogens with zero attached hydrogens (tertiary/aromatic N) is 2. The maximum atomic E-state index is 12.9. The summed E-state index contributed by atoms with van der Waals surface area (Å²) >= 11 is 2.73. The second kappa shape index (κ2) is 9.59. The monoisotopic (exact) mass is 429 g/mol. The van der Waals surface area contributed by atoms with E-state index in [2.05, 4.69) is 38.0 Å². The summed E-state index contributed by atoms with van der Waals surface area (Å²) in [4.78, 5) is 29.9. The number of anilines is 1. The van der Waals surface area contributed by atoms with Crippen LogP contribution < -0.4 is 10.9 Å². The number of benzene rings is 1. The van der Waals surface area contributed by atoms with Gasteiger partial charge in [0.1, 0.15) is 4.70 Å². The molecule has 0 aliphatic heterocycles. The van der Waals surface area contributed by atoms with Gasteiger partial charge in [0.15, 0.2) is 5.16 Å². The van der Waals surface area contributed by atoms with Crippen molar-refractivity contribution < 1.29 is 4.79 Å². The van der Waals surface area contributed by atoms with Crippen LogP contribution in [-0.4, -0.2) is 21.2 Å². The van der Waals surface area contributed by atoms with E-state index in [0.717, 1.165) is 12.1 Å². The van der Waals surface area contributed by atoms with Gasteiger partial charge in [-0.05, 0) is 47.4 Å². The summed E-state index contributed by atoms with van der Waals surface area (Å²) in [6.45, 7) is 9.15. The number of hydrogen-bond acceptors (Lipinski definition) is 5. The van der Waals surface area contributed by atoms with Gasteiger partial charge in [0.25, 0.3) is 5.56 Å². The molecule has 0 saturated heterocycles. The maximum absolute atomic E-state index is 12.9. The molecule has 1 N–H and O–H groups in total. The number of aromatic nitrogens is 2. The lowest BCUT2D eigenvalue weighted by Crippen LogP contribution is -2.24. The number of thiophene rings is 1. The number of amides is 1. The average Bonchev–Trinajstić information content (AvgIpc) is 3.15. The van der Waals surface area contributed by atoms with E-state index in [4.69, 9.17) is 0 Å². The minimum Gasteiger partial charge on any atom is -0.325 e. The van der Waals surface area contributed by atoms with E-state index >= 15 is 0 Å². The Hall–Kier alpha value is -2.12. The third-order valence-corrected chi connectivity index (χ3v) is 6.52. The van der Waals surface area contributed by atoms with Gasteiger partial charge in [-0.3, -0.25) is 14.2 Å². The fourth-order valence-electron chi connectivity index (χ4n) is 2.90. The van der Waals surface area contributed by atoms with Crippen molar-refractivity contribution in [1.82, 2.24) is 9.55 Å². The number of carbonyl (C=O) groups excluding carboxylic acids is 1. The van der Waals surface area contributed by atoms with Gasteiger partial charge in [0.2, 0.25) is 5.91 Å². The van der Waals surface area contributed by atoms with Crippen LogP contribution in [0.1, 0.15) is 45.6 Å². The topological polar surface area (TPSA) is 64.0 Å². The molecule has 2 heterocycles. The van der Waals surface area contributed by atoms with Crippen LogP contribution in [0.25, 0.3) is 10.2 Å². The molecule has 3 aromatic rings. The molecule has 0 fully saturated rings. The fourth-order valence-corrected chi connectivity index (χ4v) is 4.50. The van der Waals surface area contributed by atoms with Crippen LogP contribution >= 0.6 is 23.1 Å². The van der Waals surface area contributed by atoms with Gasteiger partial charge < -0.3 is 5.32 Å². The fraction of sp³-hybridized carbons (Fsp3) is 0.409. The zero-order valence-corrected chi connectivity index (χ0v) is 18.9. The molecule has 0 saturated carbocycles. The third-order valence-electron chi connectivity index (χ3n) is 4.65. The number of thioether (sulfide) groups is 1. The van der Waals surface area contributed by atoms with Crippen LogP contribution in [-0.2, 0) is 11.3 Å². The van der Waals surface area contributed by atoms with Crippen LogP contribution in [0.2, 0.25) is 0 Å². The van der Waals surface area contributed by atoms with Crippen molar-refractivity contribution in [2.24, 2.45) is 5.92 Å². The summed E-state index contributed by atoms with van der Waals surface area (Å²) < 4.78 is 2.39. The number of rotatable bonds is 8. The van der Waals surface area contributed by atoms with Crippen molar-refractivity contribution in [3.8, 4) is 0 Å². The zero-order valence-electron chi connectivity index (χ0n) is 17.3. The Morgan fingerprint density at radius 1 is 1.17 bits per heavy atom. The first-order valence-corrected chi connectivity index (χ1v) is 11.7. The molecule has 1 amide bonds. The molecule has 0 atom stereocenters. The summed E-state index contributed by atoms with van der Waals surface area (Å²) in [6.07, 6.45) is 0.889. The quantitative estimate of drug-likeness (QED) is 0.387. The number of nitrogens with one attached hydrogen (secondary N) is 1. The lowest BCUT2D eigenvalue weighted by Gasteiger charge is -2.13. The number of hydrogen-bond donors (Lipinski definition) is 1. The molecular formula is C22H27N3O2S2. The first-order valence-electron chi connectivity index (χ1n) is 9.85. The van der Waals surface area contributed by atoms with Crippen molar-refractivity contribution in [2.45, 2.75) is 51.7 Å². The molecular weight excluding hydrogens is 402 g/mol. The molecule has 7 heteroatoms. The van der Waals surface area contributed by atoms with Crippen molar-refractivity contribution in [1.29, 1.82) is 0 Å². The zero-order chi connectivity index (χ0) is 21.0. The van der Waals surface area contributed by atoms with Crippen LogP contribution in [0.4, 0.5) is 5.69 Å². The van der Waals surface area contributed by atoms with Crippen LogP contribution in [0.15, 0.2) is 45.7 Å². The summed E-state index contributed by atoms with van der Waals surface area (Å²) in [5.74, 6) is 1.03. The summed E-state index contributed by atoms with van der Waals surface area (Å²) in [5, 5.41) is 5.41. The molecule has 0 radical (unpaired) electrons. The molecule has 29 heavy (non-hydrogen) atoms. The second-order valence-corrected chi connectivity index (χ2v) is 9.64. The lowest BCUT2D eigenvalue weighted by molar-refractivity contribution is -0.113. The first-order chi connectivity index (χ1) is 13.8. The normalized spacial score (nSPS) is 11.5. The average molecular weight is 430 g/mol. The molecule has 0 spiro atoms. The molecule has 0 bridgehead atoms. The minimum atomic E-state index is -0.109. The summed E-state index contributed by atoms with van der Waals surface area (Å²) in [7, 11) is 0. The molecule has 1 aromatic carbocycles. The second-order valence-electron chi connectivity index (χ2n) is 7.78. The Kier molecular flexibility index (Phi) is 7.14. The highest BCUT2D eigenvalue weighted by atomic mass is 32.2. The van der Waals surface area contributed by atoms with Gasteiger partial charge in [-0.25, -0.2) is 4.98 Å². The Morgan fingerprint density at radius 2 is 1.90 bits per heavy atom. The highest BCUT2D eigenvalue weighted by Crippen LogP contribution is 2.22. The van der Waals surface area contributed by atoms with E-state index in [1.165, 1.54) is 28.7 Å². The van der Waals surface area contributed by atoms with E-state index in [1.54, 1.807) is 4.57 Å². The Bertz CT molecular complexity index is 1040. The van der Waals surface area contributed by atoms with Crippen LogP contribution in [0.3, 0.4) is 0 Å². The lowest BCUT2D eigenvalue weighted by atomic mass is 10.0. The van der Waals surface area contributed by atoms with Crippen molar-refractivity contribution >= 4 is 44.9 Å². The van der Waals surface area contributed by atoms with Gasteiger partial charge in [0.05, 0.1) is 11.3 Å². The molecule has 0 aliphatic rings. The van der Waals surface area contributed by atoms with E-state index in [0.29, 0.717) is 33.8 Å². The smallest absolute Gasteiger partial charge is 0.272 e. The van der Waals surface area contributed by atoms with Gasteiger partial charge in [0, 0.05) is 12.2 Å². The van der Waals surface area contributed by atoms with Gasteiger partial charge in [-0.2, -0.15) is 0 Å². The third kappa shape index (κ3) is 5.48. The van der Waals surface area contributed by atoms with Crippen molar-refractivity contribution in [2.75, 3.05) is 11.1 Å². The highest BCUT2D eigenvalue weighted by molar-refractivity contribution is 7.99. The summed E-state index contributed by atoms with van der Waals surface area (Å²) in [6, 6.07) is 9.76. The standard InChI is InChI=1S/C22H27N3O2S2/c1-14(2)9-11-25-21(27)20-18(10-12-28-20)24-22(25)29-13-19(26)23-17-7-5-16(6-8-17)15(3)4/h5-8,10,12,14-15H,9,11,13H2,1-4H3,(H,23,26). The van der Waals surface area contributed by atoms with Crippen molar-refractivity contribution in [3.05, 3.63) is 51.6 Å². The van der Waals surface area contributed by atoms with Gasteiger partial charge >= 0.3 is 0 Å². The molecule has 5 nitrogen and oxygen atoms in total. The van der Waals surface area contributed by atoms with Gasteiger partial charge in [-0.15, -0.1) is 11.3 Å². The van der Waals surface area contributed by atoms with Crippen LogP contribution in [0.5, 0.6) is 0 Å². The van der Waals surface area contributed by atoms with Crippen molar-refractivity contribution in [3.63, 3.8) is 0 Å². The molecule has 0 aliphatic carbocycles. The number of carbonyl (C=O) groups is 1. The van der Waals surface area contributed by atoms with Gasteiger partial charge in [-0.1, -0.05) is 51.6 Å².